The van der Waals surface area contributed by atoms with Gasteiger partial charge >= 0.3 is 0 Å². The number of anilines is 2. The van der Waals surface area contributed by atoms with Crippen molar-refractivity contribution in [3.8, 4) is 22.8 Å². The molecule has 1 saturated heterocycles. The summed E-state index contributed by atoms with van der Waals surface area (Å²) in [5, 5.41) is 8.14. The van der Waals surface area contributed by atoms with Crippen molar-refractivity contribution in [2.45, 2.75) is 44.8 Å². The molecule has 0 aromatic carbocycles. The molecule has 2 aliphatic rings. The Morgan fingerprint density at radius 1 is 1.11 bits per heavy atom. The van der Waals surface area contributed by atoms with E-state index < -0.39 is 0 Å². The summed E-state index contributed by atoms with van der Waals surface area (Å²) in [5.41, 5.74) is 3.71. The molecule has 2 N–H and O–H groups in total. The lowest BCUT2D eigenvalue weighted by Gasteiger charge is -2.22. The number of hydrogen-bond donors (Lipinski definition) is 2. The van der Waals surface area contributed by atoms with E-state index >= 15 is 0 Å². The van der Waals surface area contributed by atoms with E-state index in [0.29, 0.717) is 22.8 Å². The Labute approximate surface area is 202 Å². The highest BCUT2D eigenvalue weighted by atomic mass is 16.5. The minimum absolute atomic E-state index is 0.0207. The van der Waals surface area contributed by atoms with Crippen molar-refractivity contribution >= 4 is 11.5 Å². The molecular formula is C26H26N6O3. The molecule has 1 atom stereocenters. The second-order valence-electron chi connectivity index (χ2n) is 8.79. The van der Waals surface area contributed by atoms with Crippen molar-refractivity contribution in [3.05, 3.63) is 76.7 Å². The fraction of sp³-hybridized carbons (Fsp3) is 0.308. The summed E-state index contributed by atoms with van der Waals surface area (Å²) in [6.45, 7) is 1.68. The van der Waals surface area contributed by atoms with Crippen molar-refractivity contribution in [3.63, 3.8) is 0 Å². The van der Waals surface area contributed by atoms with E-state index in [-0.39, 0.29) is 11.7 Å². The van der Waals surface area contributed by atoms with Gasteiger partial charge in [-0.25, -0.2) is 4.98 Å². The molecule has 4 aromatic rings. The maximum atomic E-state index is 12.1. The maximum absolute atomic E-state index is 12.1. The summed E-state index contributed by atoms with van der Waals surface area (Å²) < 4.78 is 14.5. The van der Waals surface area contributed by atoms with Crippen LogP contribution in [0.4, 0.5) is 11.5 Å². The van der Waals surface area contributed by atoms with Crippen LogP contribution in [0.3, 0.4) is 0 Å². The highest BCUT2D eigenvalue weighted by Crippen LogP contribution is 2.40. The van der Waals surface area contributed by atoms with Crippen LogP contribution in [0.1, 0.15) is 43.2 Å². The van der Waals surface area contributed by atoms with Crippen LogP contribution < -0.4 is 15.6 Å². The van der Waals surface area contributed by atoms with Gasteiger partial charge in [0.1, 0.15) is 23.4 Å². The fourth-order valence-corrected chi connectivity index (χ4v) is 4.69. The molecule has 0 aliphatic carbocycles. The number of aromatic nitrogens is 5. The summed E-state index contributed by atoms with van der Waals surface area (Å²) in [7, 11) is 0. The normalized spacial score (nSPS) is 17.2. The van der Waals surface area contributed by atoms with Crippen LogP contribution in [0.5, 0.6) is 11.5 Å². The Kier molecular flexibility index (Phi) is 5.75. The van der Waals surface area contributed by atoms with Crippen LogP contribution >= 0.6 is 0 Å². The SMILES string of the molecule is O=c1[nH]cccc1-c1cc(Nc2cc(Oc3c(C4CCCCO4)nn4c3CCC4)ccn2)ccn1. The van der Waals surface area contributed by atoms with Crippen molar-refractivity contribution in [1.82, 2.24) is 24.7 Å². The molecule has 178 valence electrons. The van der Waals surface area contributed by atoms with Crippen LogP contribution in [0.2, 0.25) is 0 Å². The van der Waals surface area contributed by atoms with Crippen molar-refractivity contribution in [2.24, 2.45) is 0 Å². The summed E-state index contributed by atoms with van der Waals surface area (Å²) in [5.74, 6) is 2.12. The van der Waals surface area contributed by atoms with Gasteiger partial charge in [0.25, 0.3) is 5.56 Å². The summed E-state index contributed by atoms with van der Waals surface area (Å²) in [6.07, 6.45) is 10.2. The first kappa shape index (κ1) is 21.5. The Bertz CT molecular complexity index is 1410. The number of pyridine rings is 3. The molecule has 1 unspecified atom stereocenters. The predicted molar refractivity (Wildman–Crippen MR) is 131 cm³/mol. The van der Waals surface area contributed by atoms with Gasteiger partial charge in [-0.15, -0.1) is 0 Å². The second-order valence-corrected chi connectivity index (χ2v) is 8.79. The Morgan fingerprint density at radius 2 is 2.06 bits per heavy atom. The fourth-order valence-electron chi connectivity index (χ4n) is 4.69. The zero-order valence-corrected chi connectivity index (χ0v) is 19.2. The van der Waals surface area contributed by atoms with Crippen LogP contribution in [0, 0.1) is 0 Å². The zero-order valence-electron chi connectivity index (χ0n) is 19.2. The minimum atomic E-state index is -0.183. The quantitative estimate of drug-likeness (QED) is 0.419. The van der Waals surface area contributed by atoms with Gasteiger partial charge in [0.15, 0.2) is 5.75 Å². The second kappa shape index (κ2) is 9.34. The molecule has 6 heterocycles. The number of aryl methyl sites for hydroxylation is 1. The van der Waals surface area contributed by atoms with Gasteiger partial charge in [-0.05, 0) is 62.4 Å². The first-order chi connectivity index (χ1) is 17.2. The topological polar surface area (TPSA) is 107 Å². The molecule has 4 aromatic heterocycles. The van der Waals surface area contributed by atoms with E-state index in [1.807, 2.05) is 24.3 Å². The van der Waals surface area contributed by atoms with Gasteiger partial charge in [-0.3, -0.25) is 14.5 Å². The van der Waals surface area contributed by atoms with Crippen molar-refractivity contribution in [2.75, 3.05) is 11.9 Å². The minimum Gasteiger partial charge on any atom is -0.453 e. The average Bonchev–Trinajstić information content (AvgIpc) is 3.48. The van der Waals surface area contributed by atoms with Gasteiger partial charge in [0.05, 0.1) is 17.0 Å². The highest BCUT2D eigenvalue weighted by molar-refractivity contribution is 5.66. The smallest absolute Gasteiger partial charge is 0.257 e. The number of nitrogens with zero attached hydrogens (tertiary/aromatic N) is 4. The molecule has 35 heavy (non-hydrogen) atoms. The number of aromatic amines is 1. The Hall–Kier alpha value is -3.98. The molecule has 9 heteroatoms. The third kappa shape index (κ3) is 4.42. The van der Waals surface area contributed by atoms with Crippen LogP contribution in [0.15, 0.2) is 59.8 Å². The lowest BCUT2D eigenvalue weighted by molar-refractivity contribution is 0.0108. The number of rotatable bonds is 6. The van der Waals surface area contributed by atoms with Crippen molar-refractivity contribution in [1.29, 1.82) is 0 Å². The molecule has 2 aliphatic heterocycles. The number of ether oxygens (including phenoxy) is 2. The third-order valence-corrected chi connectivity index (χ3v) is 6.38. The van der Waals surface area contributed by atoms with E-state index in [2.05, 4.69) is 25.0 Å². The molecule has 1 fully saturated rings. The molecule has 6 rings (SSSR count). The van der Waals surface area contributed by atoms with E-state index in [4.69, 9.17) is 14.6 Å². The van der Waals surface area contributed by atoms with Gasteiger partial charge in [-0.2, -0.15) is 5.10 Å². The Balaban J connectivity index is 1.25. The van der Waals surface area contributed by atoms with Gasteiger partial charge in [0, 0.05) is 43.5 Å². The molecule has 0 saturated carbocycles. The average molecular weight is 471 g/mol. The van der Waals surface area contributed by atoms with E-state index in [0.717, 1.165) is 68.1 Å². The molecule has 0 bridgehead atoms. The molecule has 0 radical (unpaired) electrons. The van der Waals surface area contributed by atoms with Gasteiger partial charge < -0.3 is 19.8 Å². The highest BCUT2D eigenvalue weighted by Gasteiger charge is 2.30. The lowest BCUT2D eigenvalue weighted by atomic mass is 10.1. The first-order valence-corrected chi connectivity index (χ1v) is 12.0. The van der Waals surface area contributed by atoms with Gasteiger partial charge in [-0.1, -0.05) is 0 Å². The molecular weight excluding hydrogens is 444 g/mol. The zero-order chi connectivity index (χ0) is 23.6. The summed E-state index contributed by atoms with van der Waals surface area (Å²) in [4.78, 5) is 23.6. The third-order valence-electron chi connectivity index (χ3n) is 6.38. The molecule has 9 nitrogen and oxygen atoms in total. The van der Waals surface area contributed by atoms with E-state index in [1.165, 1.54) is 0 Å². The number of nitrogens with one attached hydrogen (secondary N) is 2. The molecule has 0 spiro atoms. The van der Waals surface area contributed by atoms with Gasteiger partial charge in [0.2, 0.25) is 0 Å². The van der Waals surface area contributed by atoms with E-state index in [1.54, 1.807) is 30.7 Å². The predicted octanol–water partition coefficient (Wildman–Crippen LogP) is 4.75. The largest absolute Gasteiger partial charge is 0.453 e. The van der Waals surface area contributed by atoms with Crippen LogP contribution in [0.25, 0.3) is 11.3 Å². The monoisotopic (exact) mass is 470 g/mol. The number of hydrogen-bond acceptors (Lipinski definition) is 7. The van der Waals surface area contributed by atoms with Crippen molar-refractivity contribution < 1.29 is 9.47 Å². The number of fused-ring (bicyclic) bond motifs is 1. The maximum Gasteiger partial charge on any atom is 0.257 e. The lowest BCUT2D eigenvalue weighted by Crippen LogP contribution is -2.13. The van der Waals surface area contributed by atoms with Crippen LogP contribution in [-0.2, 0) is 17.7 Å². The molecule has 0 amide bonds. The Morgan fingerprint density at radius 3 is 2.94 bits per heavy atom. The number of H-pyrrole nitrogens is 1. The first-order valence-electron chi connectivity index (χ1n) is 12.0. The standard InChI is InChI=1S/C26H26N6O3/c33-26-19(5-3-10-29-26)20-15-17(8-11-27-20)30-23-16-18(9-12-28-23)35-25-21-6-4-13-32(21)31-24(25)22-7-1-2-14-34-22/h3,5,8-12,15-16,22H,1-2,4,6-7,13-14H2,(H,29,33)(H,27,28,30). The summed E-state index contributed by atoms with van der Waals surface area (Å²) >= 11 is 0. The summed E-state index contributed by atoms with van der Waals surface area (Å²) in [6, 6.07) is 10.9. The van der Waals surface area contributed by atoms with E-state index in [9.17, 15) is 4.79 Å². The van der Waals surface area contributed by atoms with Crippen LogP contribution in [-0.4, -0.2) is 31.3 Å².